The number of hydrogen-bond acceptors (Lipinski definition) is 2. The number of nitrogens with one attached hydrogen (secondary N) is 1. The Labute approximate surface area is 129 Å². The van der Waals surface area contributed by atoms with E-state index >= 15 is 0 Å². The lowest BCUT2D eigenvalue weighted by molar-refractivity contribution is 0.472. The Morgan fingerprint density at radius 1 is 1.00 bits per heavy atom. The molecule has 0 aliphatic heterocycles. The molecule has 1 atom stereocenters. The molecule has 0 amide bonds. The van der Waals surface area contributed by atoms with Crippen LogP contribution < -0.4 is 5.32 Å². The van der Waals surface area contributed by atoms with Gasteiger partial charge in [0, 0.05) is 17.6 Å². The molecule has 0 saturated carbocycles. The predicted molar refractivity (Wildman–Crippen MR) is 91.5 cm³/mol. The minimum absolute atomic E-state index is 0.453. The van der Waals surface area contributed by atoms with Crippen LogP contribution in [0, 0.1) is 0 Å². The highest BCUT2D eigenvalue weighted by Gasteiger charge is 2.13. The zero-order valence-electron chi connectivity index (χ0n) is 13.4. The van der Waals surface area contributed by atoms with Crippen LogP contribution in [0.5, 0.6) is 0 Å². The second-order valence-electron chi connectivity index (χ2n) is 5.77. The lowest BCUT2D eigenvalue weighted by Crippen LogP contribution is -2.22. The van der Waals surface area contributed by atoms with Gasteiger partial charge < -0.3 is 5.32 Å². The molecule has 2 rings (SSSR count). The summed E-state index contributed by atoms with van der Waals surface area (Å²) in [5.74, 6) is 0. The van der Waals surface area contributed by atoms with Crippen molar-refractivity contribution < 1.29 is 0 Å². The number of para-hydroxylation sites is 1. The molecule has 0 aliphatic rings. The molecule has 1 aromatic carbocycles. The highest BCUT2D eigenvalue weighted by atomic mass is 14.9. The first-order valence-electron chi connectivity index (χ1n) is 8.43. The summed E-state index contributed by atoms with van der Waals surface area (Å²) in [6, 6.07) is 11.1. The van der Waals surface area contributed by atoms with Gasteiger partial charge in [0.1, 0.15) is 0 Å². The summed E-state index contributed by atoms with van der Waals surface area (Å²) in [6.45, 7) is 5.57. The number of pyridine rings is 1. The van der Waals surface area contributed by atoms with Gasteiger partial charge in [-0.05, 0) is 37.1 Å². The van der Waals surface area contributed by atoms with Gasteiger partial charge in [-0.25, -0.2) is 0 Å². The average Bonchev–Trinajstić information content (AvgIpc) is 2.54. The summed E-state index contributed by atoms with van der Waals surface area (Å²) in [6.07, 6.45) is 9.62. The van der Waals surface area contributed by atoms with Crippen molar-refractivity contribution in [2.75, 3.05) is 6.54 Å². The van der Waals surface area contributed by atoms with Gasteiger partial charge in [0.2, 0.25) is 0 Å². The third kappa shape index (κ3) is 4.53. The summed E-state index contributed by atoms with van der Waals surface area (Å²) in [5.41, 5.74) is 2.51. The molecule has 1 unspecified atom stereocenters. The van der Waals surface area contributed by atoms with Crippen molar-refractivity contribution in [1.82, 2.24) is 10.3 Å². The van der Waals surface area contributed by atoms with Crippen molar-refractivity contribution in [3.8, 4) is 0 Å². The van der Waals surface area contributed by atoms with Crippen molar-refractivity contribution in [3.05, 3.63) is 42.1 Å². The van der Waals surface area contributed by atoms with Gasteiger partial charge in [-0.3, -0.25) is 4.98 Å². The minimum atomic E-state index is 0.453. The monoisotopic (exact) mass is 284 g/mol. The van der Waals surface area contributed by atoms with E-state index < -0.39 is 0 Å². The first-order valence-corrected chi connectivity index (χ1v) is 8.43. The number of unbranched alkanes of at least 4 members (excludes halogenated alkanes) is 3. The molecule has 1 N–H and O–H groups in total. The van der Waals surface area contributed by atoms with E-state index in [1.54, 1.807) is 0 Å². The maximum atomic E-state index is 4.49. The first kappa shape index (κ1) is 16.0. The molecule has 21 heavy (non-hydrogen) atoms. The molecule has 1 aromatic heterocycles. The fraction of sp³-hybridized carbons (Fsp3) is 0.526. The van der Waals surface area contributed by atoms with Crippen LogP contribution in [0.2, 0.25) is 0 Å². The largest absolute Gasteiger partial charge is 0.310 e. The number of fused-ring (bicyclic) bond motifs is 1. The Morgan fingerprint density at radius 2 is 1.86 bits per heavy atom. The van der Waals surface area contributed by atoms with Crippen LogP contribution in [0.15, 0.2) is 36.5 Å². The number of benzene rings is 1. The van der Waals surface area contributed by atoms with Crippen molar-refractivity contribution >= 4 is 10.9 Å². The SMILES string of the molecule is CCCCCCC(NCCC)c1ccnc2ccccc12. The Morgan fingerprint density at radius 3 is 2.67 bits per heavy atom. The second-order valence-corrected chi connectivity index (χ2v) is 5.77. The Kier molecular flexibility index (Phi) is 6.68. The van der Waals surface area contributed by atoms with E-state index in [0.717, 1.165) is 12.1 Å². The van der Waals surface area contributed by atoms with Gasteiger partial charge in [0.05, 0.1) is 5.52 Å². The molecule has 0 aliphatic carbocycles. The normalized spacial score (nSPS) is 12.7. The summed E-state index contributed by atoms with van der Waals surface area (Å²) in [5, 5.41) is 5.02. The molecular weight excluding hydrogens is 256 g/mol. The van der Waals surface area contributed by atoms with E-state index in [0.29, 0.717) is 6.04 Å². The van der Waals surface area contributed by atoms with E-state index in [1.807, 2.05) is 6.20 Å². The van der Waals surface area contributed by atoms with Crippen molar-refractivity contribution in [3.63, 3.8) is 0 Å². The predicted octanol–water partition coefficient (Wildman–Crippen LogP) is 5.25. The standard InChI is InChI=1S/C19H28N2/c1-3-5-6-7-11-19(20-14-4-2)17-13-15-21-18-12-9-8-10-16(17)18/h8-10,12-13,15,19-20H,3-7,11,14H2,1-2H3. The van der Waals surface area contributed by atoms with E-state index in [4.69, 9.17) is 0 Å². The molecule has 1 heterocycles. The lowest BCUT2D eigenvalue weighted by Gasteiger charge is -2.20. The number of rotatable bonds is 9. The summed E-state index contributed by atoms with van der Waals surface area (Å²) >= 11 is 0. The Balaban J connectivity index is 2.17. The highest BCUT2D eigenvalue weighted by Crippen LogP contribution is 2.26. The fourth-order valence-electron chi connectivity index (χ4n) is 2.88. The zero-order chi connectivity index (χ0) is 14.9. The van der Waals surface area contributed by atoms with Gasteiger partial charge >= 0.3 is 0 Å². The van der Waals surface area contributed by atoms with E-state index in [2.05, 4.69) is 54.5 Å². The van der Waals surface area contributed by atoms with Crippen molar-refractivity contribution in [2.45, 2.75) is 58.4 Å². The molecule has 0 spiro atoms. The quantitative estimate of drug-likeness (QED) is 0.636. The fourth-order valence-corrected chi connectivity index (χ4v) is 2.88. The van der Waals surface area contributed by atoms with Crippen LogP contribution in [0.4, 0.5) is 0 Å². The van der Waals surface area contributed by atoms with Gasteiger partial charge in [-0.2, -0.15) is 0 Å². The summed E-state index contributed by atoms with van der Waals surface area (Å²) in [7, 11) is 0. The van der Waals surface area contributed by atoms with E-state index in [-0.39, 0.29) is 0 Å². The lowest BCUT2D eigenvalue weighted by atomic mass is 9.97. The molecule has 0 fully saturated rings. The molecule has 0 bridgehead atoms. The smallest absolute Gasteiger partial charge is 0.0705 e. The van der Waals surface area contributed by atoms with Crippen molar-refractivity contribution in [1.29, 1.82) is 0 Å². The molecule has 0 saturated heterocycles. The molecule has 0 radical (unpaired) electrons. The third-order valence-electron chi connectivity index (χ3n) is 4.05. The maximum Gasteiger partial charge on any atom is 0.0705 e. The minimum Gasteiger partial charge on any atom is -0.310 e. The maximum absolute atomic E-state index is 4.49. The molecule has 114 valence electrons. The number of aromatic nitrogens is 1. The van der Waals surface area contributed by atoms with Gasteiger partial charge in [0.25, 0.3) is 0 Å². The molecule has 2 heteroatoms. The second kappa shape index (κ2) is 8.78. The Hall–Kier alpha value is -1.41. The van der Waals surface area contributed by atoms with Crippen molar-refractivity contribution in [2.24, 2.45) is 0 Å². The third-order valence-corrected chi connectivity index (χ3v) is 4.05. The molecule has 2 aromatic rings. The van der Waals surface area contributed by atoms with Crippen LogP contribution in [0.25, 0.3) is 10.9 Å². The molecule has 2 nitrogen and oxygen atoms in total. The van der Waals surface area contributed by atoms with Crippen LogP contribution in [0.3, 0.4) is 0 Å². The van der Waals surface area contributed by atoms with Gasteiger partial charge in [0.15, 0.2) is 0 Å². The highest BCUT2D eigenvalue weighted by molar-refractivity contribution is 5.82. The number of nitrogens with zero attached hydrogens (tertiary/aromatic N) is 1. The van der Waals surface area contributed by atoms with Crippen LogP contribution in [-0.4, -0.2) is 11.5 Å². The topological polar surface area (TPSA) is 24.9 Å². The Bertz CT molecular complexity index is 531. The van der Waals surface area contributed by atoms with Crippen LogP contribution in [0.1, 0.15) is 64.0 Å². The average molecular weight is 284 g/mol. The van der Waals surface area contributed by atoms with E-state index in [9.17, 15) is 0 Å². The van der Waals surface area contributed by atoms with Gasteiger partial charge in [-0.15, -0.1) is 0 Å². The van der Waals surface area contributed by atoms with Crippen LogP contribution in [-0.2, 0) is 0 Å². The summed E-state index contributed by atoms with van der Waals surface area (Å²) in [4.78, 5) is 4.49. The van der Waals surface area contributed by atoms with E-state index in [1.165, 1.54) is 49.5 Å². The number of hydrogen-bond donors (Lipinski definition) is 1. The first-order chi connectivity index (χ1) is 10.4. The van der Waals surface area contributed by atoms with Gasteiger partial charge in [-0.1, -0.05) is 57.7 Å². The summed E-state index contributed by atoms with van der Waals surface area (Å²) < 4.78 is 0. The molecular formula is C19H28N2. The van der Waals surface area contributed by atoms with Crippen LogP contribution >= 0.6 is 0 Å². The zero-order valence-corrected chi connectivity index (χ0v) is 13.4.